The highest BCUT2D eigenvalue weighted by Crippen LogP contribution is 2.28. The number of pyridine rings is 1. The van der Waals surface area contributed by atoms with Crippen LogP contribution >= 0.6 is 11.3 Å². The molecule has 0 aliphatic carbocycles. The summed E-state index contributed by atoms with van der Waals surface area (Å²) in [6, 6.07) is 6.26. The number of rotatable bonds is 6. The third-order valence-corrected chi connectivity index (χ3v) is 7.15. The fourth-order valence-corrected chi connectivity index (χ4v) is 5.16. The van der Waals surface area contributed by atoms with Gasteiger partial charge in [0.05, 0.1) is 16.8 Å². The zero-order valence-electron chi connectivity index (χ0n) is 19.1. The summed E-state index contributed by atoms with van der Waals surface area (Å²) in [5.74, 6) is 1.30. The highest BCUT2D eigenvalue weighted by molar-refractivity contribution is 7.09. The molecule has 1 aliphatic heterocycles. The lowest BCUT2D eigenvalue weighted by atomic mass is 9.98. The van der Waals surface area contributed by atoms with Crippen LogP contribution in [0.1, 0.15) is 48.9 Å². The van der Waals surface area contributed by atoms with Gasteiger partial charge in [-0.2, -0.15) is 5.26 Å². The highest BCUT2D eigenvalue weighted by atomic mass is 32.1. The Labute approximate surface area is 200 Å². The molecule has 1 N–H and O–H groups in total. The van der Waals surface area contributed by atoms with E-state index in [0.29, 0.717) is 36.0 Å². The maximum absolute atomic E-state index is 13.5. The fraction of sp³-hybridized carbons (Fsp3) is 0.435. The van der Waals surface area contributed by atoms with Gasteiger partial charge in [0.1, 0.15) is 17.0 Å². The Balaban J connectivity index is 1.49. The number of hydrogen-bond donors (Lipinski definition) is 1. The molecule has 174 valence electrons. The van der Waals surface area contributed by atoms with E-state index in [4.69, 9.17) is 9.97 Å². The van der Waals surface area contributed by atoms with Crippen LogP contribution < -0.4 is 10.5 Å². The van der Waals surface area contributed by atoms with Gasteiger partial charge in [0.25, 0.3) is 5.56 Å². The predicted octanol–water partition coefficient (Wildman–Crippen LogP) is 2.98. The van der Waals surface area contributed by atoms with Crippen molar-refractivity contribution in [1.82, 2.24) is 35.0 Å². The van der Waals surface area contributed by atoms with Crippen molar-refractivity contribution in [2.24, 2.45) is 5.92 Å². The number of thiazole rings is 1. The molecule has 1 saturated heterocycles. The molecule has 0 atom stereocenters. The van der Waals surface area contributed by atoms with Gasteiger partial charge >= 0.3 is 0 Å². The average molecular weight is 476 g/mol. The molecule has 0 spiro atoms. The standard InChI is InChI=1S/C23H25N9OS/c1-14(2)17-13-34-19(25-17)4-3-15-7-10-32-18(11-15)26-22(31-8-5-16(12-24)6-9-31)20(23(32)33)21-27-29-30-28-21/h7,10-11,13-14,16H,3-6,8-9H2,1-2H3,(H,27,28,29,30). The van der Waals surface area contributed by atoms with Crippen LogP contribution in [0, 0.1) is 17.2 Å². The van der Waals surface area contributed by atoms with Gasteiger partial charge in [0.2, 0.25) is 0 Å². The summed E-state index contributed by atoms with van der Waals surface area (Å²) in [7, 11) is 0. The van der Waals surface area contributed by atoms with E-state index in [-0.39, 0.29) is 17.3 Å². The minimum absolute atomic E-state index is 0.0295. The van der Waals surface area contributed by atoms with Crippen molar-refractivity contribution in [3.8, 4) is 17.5 Å². The maximum Gasteiger partial charge on any atom is 0.271 e. The molecule has 1 aliphatic rings. The summed E-state index contributed by atoms with van der Waals surface area (Å²) in [5.41, 5.74) is 2.92. The lowest BCUT2D eigenvalue weighted by Crippen LogP contribution is -2.36. The number of hydrogen-bond acceptors (Lipinski definition) is 9. The van der Waals surface area contributed by atoms with Crippen LogP contribution in [0.3, 0.4) is 0 Å². The van der Waals surface area contributed by atoms with Crippen molar-refractivity contribution < 1.29 is 0 Å². The van der Waals surface area contributed by atoms with Crippen LogP contribution in [0.25, 0.3) is 17.0 Å². The number of aryl methyl sites for hydroxylation is 2. The third-order valence-electron chi connectivity index (χ3n) is 6.22. The summed E-state index contributed by atoms with van der Waals surface area (Å²) in [6.07, 6.45) is 4.89. The Kier molecular flexibility index (Phi) is 6.06. The van der Waals surface area contributed by atoms with Gasteiger partial charge in [-0.05, 0) is 53.3 Å². The van der Waals surface area contributed by atoms with Crippen molar-refractivity contribution in [2.75, 3.05) is 18.0 Å². The third kappa shape index (κ3) is 4.28. The van der Waals surface area contributed by atoms with Crippen LogP contribution in [-0.4, -0.2) is 48.1 Å². The predicted molar refractivity (Wildman–Crippen MR) is 129 cm³/mol. The molecule has 0 amide bonds. The summed E-state index contributed by atoms with van der Waals surface area (Å²) >= 11 is 1.69. The van der Waals surface area contributed by atoms with Crippen molar-refractivity contribution in [2.45, 2.75) is 45.4 Å². The minimum Gasteiger partial charge on any atom is -0.356 e. The summed E-state index contributed by atoms with van der Waals surface area (Å²) in [6.45, 7) is 5.60. The van der Waals surface area contributed by atoms with Crippen LogP contribution in [0.5, 0.6) is 0 Å². The summed E-state index contributed by atoms with van der Waals surface area (Å²) in [4.78, 5) is 25.2. The number of aromatic amines is 1. The van der Waals surface area contributed by atoms with E-state index < -0.39 is 0 Å². The topological polar surface area (TPSA) is 129 Å². The first-order valence-corrected chi connectivity index (χ1v) is 12.3. The van der Waals surface area contributed by atoms with E-state index in [1.807, 2.05) is 12.1 Å². The van der Waals surface area contributed by atoms with Gasteiger partial charge in [-0.15, -0.1) is 16.4 Å². The SMILES string of the molecule is CC(C)c1csc(CCc2ccn3c(=O)c(-c4nnn[nH]4)c(N4CCC(C#N)CC4)nc3c2)n1. The Hall–Kier alpha value is -3.65. The summed E-state index contributed by atoms with van der Waals surface area (Å²) in [5, 5.41) is 26.5. The molecular formula is C23H25N9OS. The van der Waals surface area contributed by atoms with E-state index in [9.17, 15) is 10.1 Å². The molecule has 0 radical (unpaired) electrons. The number of tetrazole rings is 1. The molecule has 11 heteroatoms. The second-order valence-corrected chi connectivity index (χ2v) is 9.78. The largest absolute Gasteiger partial charge is 0.356 e. The van der Waals surface area contributed by atoms with E-state index in [1.165, 1.54) is 4.40 Å². The van der Waals surface area contributed by atoms with Crippen molar-refractivity contribution in [1.29, 1.82) is 5.26 Å². The Morgan fingerprint density at radius 1 is 1.26 bits per heavy atom. The molecule has 10 nitrogen and oxygen atoms in total. The van der Waals surface area contributed by atoms with Gasteiger partial charge in [0.15, 0.2) is 5.82 Å². The van der Waals surface area contributed by atoms with Gasteiger partial charge in [-0.3, -0.25) is 9.20 Å². The first-order valence-electron chi connectivity index (χ1n) is 11.4. The monoisotopic (exact) mass is 475 g/mol. The molecule has 0 unspecified atom stereocenters. The number of piperidine rings is 1. The van der Waals surface area contributed by atoms with Gasteiger partial charge in [-0.25, -0.2) is 15.1 Å². The summed E-state index contributed by atoms with van der Waals surface area (Å²) < 4.78 is 1.53. The Morgan fingerprint density at radius 2 is 2.09 bits per heavy atom. The van der Waals surface area contributed by atoms with Crippen LogP contribution in [-0.2, 0) is 12.8 Å². The number of anilines is 1. The zero-order chi connectivity index (χ0) is 23.7. The molecule has 0 aromatic carbocycles. The van der Waals surface area contributed by atoms with Gasteiger partial charge in [0, 0.05) is 37.0 Å². The van der Waals surface area contributed by atoms with Crippen LogP contribution in [0.15, 0.2) is 28.5 Å². The lowest BCUT2D eigenvalue weighted by Gasteiger charge is -2.31. The molecular weight excluding hydrogens is 450 g/mol. The second kappa shape index (κ2) is 9.30. The molecule has 4 aromatic heterocycles. The number of H-pyrrole nitrogens is 1. The highest BCUT2D eigenvalue weighted by Gasteiger charge is 2.26. The normalized spacial score (nSPS) is 14.7. The smallest absolute Gasteiger partial charge is 0.271 e. The Morgan fingerprint density at radius 3 is 2.76 bits per heavy atom. The average Bonchev–Trinajstić information content (AvgIpc) is 3.55. The zero-order valence-corrected chi connectivity index (χ0v) is 19.9. The van der Waals surface area contributed by atoms with Crippen LogP contribution in [0.2, 0.25) is 0 Å². The number of fused-ring (bicyclic) bond motifs is 1. The molecule has 0 saturated carbocycles. The van der Waals surface area contributed by atoms with E-state index in [2.05, 4.69) is 50.8 Å². The minimum atomic E-state index is -0.228. The Bertz CT molecular complexity index is 1390. The van der Waals surface area contributed by atoms with E-state index in [0.717, 1.165) is 41.9 Å². The van der Waals surface area contributed by atoms with Crippen molar-refractivity contribution in [3.05, 3.63) is 50.3 Å². The molecule has 4 aromatic rings. The molecule has 0 bridgehead atoms. The van der Waals surface area contributed by atoms with Gasteiger partial charge in [-0.1, -0.05) is 13.8 Å². The van der Waals surface area contributed by atoms with Crippen LogP contribution in [0.4, 0.5) is 5.82 Å². The first kappa shape index (κ1) is 22.2. The number of nitrogens with zero attached hydrogens (tertiary/aromatic N) is 8. The maximum atomic E-state index is 13.5. The second-order valence-electron chi connectivity index (χ2n) is 8.84. The van der Waals surface area contributed by atoms with E-state index in [1.54, 1.807) is 17.5 Å². The lowest BCUT2D eigenvalue weighted by molar-refractivity contribution is 0.485. The quantitative estimate of drug-likeness (QED) is 0.451. The number of nitriles is 1. The molecule has 5 rings (SSSR count). The first-order chi connectivity index (χ1) is 16.5. The van der Waals surface area contributed by atoms with Crippen molar-refractivity contribution in [3.63, 3.8) is 0 Å². The molecule has 34 heavy (non-hydrogen) atoms. The number of nitrogens with one attached hydrogen (secondary N) is 1. The number of aromatic nitrogens is 7. The molecule has 1 fully saturated rings. The van der Waals surface area contributed by atoms with Crippen molar-refractivity contribution >= 4 is 22.8 Å². The molecule has 5 heterocycles. The van der Waals surface area contributed by atoms with Gasteiger partial charge < -0.3 is 4.90 Å². The van der Waals surface area contributed by atoms with E-state index >= 15 is 0 Å². The fourth-order valence-electron chi connectivity index (χ4n) is 4.20.